The summed E-state index contributed by atoms with van der Waals surface area (Å²) < 4.78 is 0. The van der Waals surface area contributed by atoms with E-state index < -0.39 is 0 Å². The molecule has 2 N–H and O–H groups in total. The minimum Gasteiger partial charge on any atom is -0.336 e. The Kier molecular flexibility index (Phi) is 7.60. The summed E-state index contributed by atoms with van der Waals surface area (Å²) in [6.45, 7) is 8.34. The van der Waals surface area contributed by atoms with Crippen molar-refractivity contribution in [2.75, 3.05) is 45.1 Å². The zero-order chi connectivity index (χ0) is 21.5. The highest BCUT2D eigenvalue weighted by Gasteiger charge is 2.21. The van der Waals surface area contributed by atoms with Crippen LogP contribution in [0.1, 0.15) is 41.3 Å². The van der Waals surface area contributed by atoms with Crippen LogP contribution in [-0.2, 0) is 11.3 Å². The van der Waals surface area contributed by atoms with Gasteiger partial charge in [-0.05, 0) is 42.3 Å². The molecule has 1 fully saturated rings. The van der Waals surface area contributed by atoms with Crippen LogP contribution in [0.25, 0.3) is 0 Å². The van der Waals surface area contributed by atoms with E-state index in [4.69, 9.17) is 0 Å². The van der Waals surface area contributed by atoms with E-state index in [1.807, 2.05) is 23.1 Å². The zero-order valence-corrected chi connectivity index (χ0v) is 18.1. The second kappa shape index (κ2) is 10.4. The number of nitrogens with one attached hydrogen (secondary N) is 2. The second-order valence-electron chi connectivity index (χ2n) is 8.14. The van der Waals surface area contributed by atoms with Gasteiger partial charge < -0.3 is 20.4 Å². The van der Waals surface area contributed by atoms with Gasteiger partial charge in [-0.1, -0.05) is 37.3 Å². The molecule has 30 heavy (non-hydrogen) atoms. The van der Waals surface area contributed by atoms with Crippen molar-refractivity contribution in [3.63, 3.8) is 0 Å². The van der Waals surface area contributed by atoms with Gasteiger partial charge in [-0.15, -0.1) is 0 Å². The number of carbonyl (C=O) groups excluding carboxylic acids is 2. The number of anilines is 1. The van der Waals surface area contributed by atoms with Crippen LogP contribution >= 0.6 is 0 Å². The molecule has 0 bridgehead atoms. The molecule has 0 saturated carbocycles. The SMILES string of the molecule is CC(=O)Nc1cc(CNCC(C)c2ccccc2)cc(C(=O)N2CCN(C)CC2)c1. The number of rotatable bonds is 7. The van der Waals surface area contributed by atoms with E-state index in [9.17, 15) is 9.59 Å². The molecule has 1 atom stereocenters. The Hall–Kier alpha value is -2.70. The fourth-order valence-electron chi connectivity index (χ4n) is 3.72. The van der Waals surface area contributed by atoms with Crippen molar-refractivity contribution in [2.45, 2.75) is 26.3 Å². The lowest BCUT2D eigenvalue weighted by atomic mass is 10.0. The molecule has 2 aromatic carbocycles. The normalized spacial score (nSPS) is 15.6. The van der Waals surface area contributed by atoms with Gasteiger partial charge in [-0.3, -0.25) is 9.59 Å². The van der Waals surface area contributed by atoms with Gasteiger partial charge in [0.1, 0.15) is 0 Å². The van der Waals surface area contributed by atoms with Crippen molar-refractivity contribution >= 4 is 17.5 Å². The van der Waals surface area contributed by atoms with Crippen LogP contribution in [0.4, 0.5) is 5.69 Å². The van der Waals surface area contributed by atoms with Gasteiger partial charge in [0.25, 0.3) is 5.91 Å². The molecular formula is C24H32N4O2. The number of likely N-dealkylation sites (N-methyl/N-ethyl adjacent to an activating group) is 1. The van der Waals surface area contributed by atoms with Crippen LogP contribution in [0.3, 0.4) is 0 Å². The minimum absolute atomic E-state index is 0.0224. The highest BCUT2D eigenvalue weighted by atomic mass is 16.2. The molecule has 0 radical (unpaired) electrons. The Labute approximate surface area is 179 Å². The monoisotopic (exact) mass is 408 g/mol. The summed E-state index contributed by atoms with van der Waals surface area (Å²) in [6.07, 6.45) is 0. The Balaban J connectivity index is 1.69. The van der Waals surface area contributed by atoms with Crippen molar-refractivity contribution < 1.29 is 9.59 Å². The number of carbonyl (C=O) groups is 2. The number of amides is 2. The lowest BCUT2D eigenvalue weighted by Crippen LogP contribution is -2.47. The maximum Gasteiger partial charge on any atom is 0.254 e. The average Bonchev–Trinajstić information content (AvgIpc) is 2.73. The van der Waals surface area contributed by atoms with Crippen molar-refractivity contribution in [1.29, 1.82) is 0 Å². The molecule has 2 amide bonds. The van der Waals surface area contributed by atoms with Gasteiger partial charge in [-0.2, -0.15) is 0 Å². The van der Waals surface area contributed by atoms with E-state index in [1.54, 1.807) is 6.07 Å². The Morgan fingerprint density at radius 3 is 2.40 bits per heavy atom. The molecule has 6 nitrogen and oxygen atoms in total. The summed E-state index contributed by atoms with van der Waals surface area (Å²) in [5.74, 6) is 0.265. The summed E-state index contributed by atoms with van der Waals surface area (Å²) >= 11 is 0. The first-order chi connectivity index (χ1) is 14.4. The topological polar surface area (TPSA) is 64.7 Å². The molecule has 1 aliphatic heterocycles. The summed E-state index contributed by atoms with van der Waals surface area (Å²) in [5, 5.41) is 6.32. The molecule has 160 valence electrons. The fourth-order valence-corrected chi connectivity index (χ4v) is 3.72. The van der Waals surface area contributed by atoms with E-state index in [2.05, 4.69) is 53.8 Å². The van der Waals surface area contributed by atoms with Crippen LogP contribution in [0.15, 0.2) is 48.5 Å². The number of hydrogen-bond acceptors (Lipinski definition) is 4. The maximum absolute atomic E-state index is 13.0. The Morgan fingerprint density at radius 2 is 1.73 bits per heavy atom. The standard InChI is InChI=1S/C24H32N4O2/c1-18(21-7-5-4-6-8-21)16-25-17-20-13-22(15-23(14-20)26-19(2)29)24(30)28-11-9-27(3)10-12-28/h4-8,13-15,18,25H,9-12,16-17H2,1-3H3,(H,26,29). The molecule has 0 spiro atoms. The molecule has 1 unspecified atom stereocenters. The summed E-state index contributed by atoms with van der Waals surface area (Å²) in [7, 11) is 2.07. The summed E-state index contributed by atoms with van der Waals surface area (Å²) in [4.78, 5) is 28.7. The predicted octanol–water partition coefficient (Wildman–Crippen LogP) is 2.93. The van der Waals surface area contributed by atoms with Gasteiger partial charge in [0.05, 0.1) is 0 Å². The quantitative estimate of drug-likeness (QED) is 0.739. The molecule has 0 aliphatic carbocycles. The van der Waals surface area contributed by atoms with E-state index in [-0.39, 0.29) is 11.8 Å². The van der Waals surface area contributed by atoms with E-state index in [0.29, 0.717) is 23.7 Å². The van der Waals surface area contributed by atoms with E-state index in [1.165, 1.54) is 12.5 Å². The highest BCUT2D eigenvalue weighted by Crippen LogP contribution is 2.19. The summed E-state index contributed by atoms with van der Waals surface area (Å²) in [5.41, 5.74) is 3.57. The minimum atomic E-state index is -0.143. The third-order valence-corrected chi connectivity index (χ3v) is 5.50. The van der Waals surface area contributed by atoms with Crippen LogP contribution in [0.2, 0.25) is 0 Å². The summed E-state index contributed by atoms with van der Waals surface area (Å²) in [6, 6.07) is 16.0. The maximum atomic E-state index is 13.0. The first-order valence-electron chi connectivity index (χ1n) is 10.6. The molecule has 1 heterocycles. The molecule has 2 aromatic rings. The van der Waals surface area contributed by atoms with E-state index >= 15 is 0 Å². The molecule has 3 rings (SSSR count). The molecular weight excluding hydrogens is 376 g/mol. The van der Waals surface area contributed by atoms with Crippen molar-refractivity contribution in [3.8, 4) is 0 Å². The van der Waals surface area contributed by atoms with E-state index in [0.717, 1.165) is 38.3 Å². The fraction of sp³-hybridized carbons (Fsp3) is 0.417. The third-order valence-electron chi connectivity index (χ3n) is 5.50. The van der Waals surface area contributed by atoms with Gasteiger partial charge >= 0.3 is 0 Å². The van der Waals surface area contributed by atoms with Crippen LogP contribution in [-0.4, -0.2) is 61.4 Å². The van der Waals surface area contributed by atoms with Crippen molar-refractivity contribution in [2.24, 2.45) is 0 Å². The molecule has 1 aliphatic rings. The largest absolute Gasteiger partial charge is 0.336 e. The molecule has 0 aromatic heterocycles. The number of hydrogen-bond donors (Lipinski definition) is 2. The van der Waals surface area contributed by atoms with Gasteiger partial charge in [0.2, 0.25) is 5.91 Å². The van der Waals surface area contributed by atoms with Gasteiger partial charge in [0.15, 0.2) is 0 Å². The average molecular weight is 409 g/mol. The van der Waals surface area contributed by atoms with Crippen molar-refractivity contribution in [3.05, 3.63) is 65.2 Å². The highest BCUT2D eigenvalue weighted by molar-refractivity contribution is 5.97. The Bertz CT molecular complexity index is 861. The smallest absolute Gasteiger partial charge is 0.254 e. The number of piperazine rings is 1. The third kappa shape index (κ3) is 6.15. The van der Waals surface area contributed by atoms with Crippen molar-refractivity contribution in [1.82, 2.24) is 15.1 Å². The molecule has 6 heteroatoms. The van der Waals surface area contributed by atoms with Gasteiger partial charge in [0, 0.05) is 57.4 Å². The van der Waals surface area contributed by atoms with Crippen LogP contribution in [0.5, 0.6) is 0 Å². The predicted molar refractivity (Wildman–Crippen MR) is 121 cm³/mol. The lowest BCUT2D eigenvalue weighted by Gasteiger charge is -2.32. The Morgan fingerprint density at radius 1 is 1.03 bits per heavy atom. The van der Waals surface area contributed by atoms with Crippen LogP contribution < -0.4 is 10.6 Å². The second-order valence-corrected chi connectivity index (χ2v) is 8.14. The first-order valence-corrected chi connectivity index (χ1v) is 10.6. The first kappa shape index (κ1) is 22.0. The zero-order valence-electron chi connectivity index (χ0n) is 18.1. The molecule has 1 saturated heterocycles. The number of benzene rings is 2. The number of nitrogens with zero attached hydrogens (tertiary/aromatic N) is 2. The van der Waals surface area contributed by atoms with Crippen LogP contribution in [0, 0.1) is 0 Å². The van der Waals surface area contributed by atoms with Gasteiger partial charge in [-0.25, -0.2) is 0 Å². The lowest BCUT2D eigenvalue weighted by molar-refractivity contribution is -0.114.